The van der Waals surface area contributed by atoms with Crippen LogP contribution < -0.4 is 5.32 Å². The lowest BCUT2D eigenvalue weighted by atomic mass is 9.76. The largest absolute Gasteiger partial charge is 0.480 e. The van der Waals surface area contributed by atoms with Crippen LogP contribution in [0, 0.1) is 12.7 Å². The van der Waals surface area contributed by atoms with Gasteiger partial charge >= 0.3 is 5.97 Å². The summed E-state index contributed by atoms with van der Waals surface area (Å²) in [6, 6.07) is 12.0. The average Bonchev–Trinajstić information content (AvgIpc) is 2.51. The molecule has 5 heteroatoms. The highest BCUT2D eigenvalue weighted by Gasteiger charge is 2.46. The number of aliphatic carboxylic acids is 1. The van der Waals surface area contributed by atoms with Crippen molar-refractivity contribution in [2.24, 2.45) is 0 Å². The van der Waals surface area contributed by atoms with Gasteiger partial charge in [0.05, 0.1) is 5.56 Å². The number of hydrogen-bond donors (Lipinski definition) is 2. The van der Waals surface area contributed by atoms with E-state index < -0.39 is 23.2 Å². The molecule has 0 bridgehead atoms. The fourth-order valence-corrected chi connectivity index (χ4v) is 2.83. The van der Waals surface area contributed by atoms with Crippen LogP contribution in [0.4, 0.5) is 4.39 Å². The molecular weight excluding hydrogens is 309 g/mol. The van der Waals surface area contributed by atoms with Gasteiger partial charge in [-0.2, -0.15) is 0 Å². The van der Waals surface area contributed by atoms with Gasteiger partial charge in [-0.05, 0) is 49.4 Å². The molecule has 0 aromatic heterocycles. The standard InChI is InChI=1S/C19H18FNO3/c1-12-3-5-13(6-4-12)14-7-8-15(16(20)11-14)17(22)21-19(18(23)24)9-2-10-19/h3-8,11H,2,9-10H2,1H3,(H,21,22)(H,23,24). The first-order valence-corrected chi connectivity index (χ1v) is 7.84. The minimum Gasteiger partial charge on any atom is -0.480 e. The molecule has 2 N–H and O–H groups in total. The third-order valence-corrected chi connectivity index (χ3v) is 4.57. The Hall–Kier alpha value is -2.69. The van der Waals surface area contributed by atoms with E-state index in [2.05, 4.69) is 5.32 Å². The summed E-state index contributed by atoms with van der Waals surface area (Å²) in [5.74, 6) is -2.42. The van der Waals surface area contributed by atoms with Crippen molar-refractivity contribution in [1.29, 1.82) is 0 Å². The number of halogens is 1. The Bertz CT molecular complexity index is 795. The predicted octanol–water partition coefficient (Wildman–Crippen LogP) is 3.54. The Morgan fingerprint density at radius 3 is 2.21 bits per heavy atom. The van der Waals surface area contributed by atoms with Crippen LogP contribution in [0.1, 0.15) is 35.2 Å². The van der Waals surface area contributed by atoms with Crippen LogP contribution in [-0.2, 0) is 4.79 Å². The molecular formula is C19H18FNO3. The fourth-order valence-electron chi connectivity index (χ4n) is 2.83. The highest BCUT2D eigenvalue weighted by Crippen LogP contribution is 2.32. The van der Waals surface area contributed by atoms with Crippen LogP contribution >= 0.6 is 0 Å². The van der Waals surface area contributed by atoms with Crippen molar-refractivity contribution >= 4 is 11.9 Å². The van der Waals surface area contributed by atoms with E-state index in [0.29, 0.717) is 18.4 Å². The number of rotatable bonds is 4. The molecule has 124 valence electrons. The van der Waals surface area contributed by atoms with E-state index in [1.807, 2.05) is 31.2 Å². The van der Waals surface area contributed by atoms with Crippen molar-refractivity contribution in [3.8, 4) is 11.1 Å². The number of carboxylic acid groups (broad SMARTS) is 1. The predicted molar refractivity (Wildman–Crippen MR) is 88.3 cm³/mol. The SMILES string of the molecule is Cc1ccc(-c2ccc(C(=O)NC3(C(=O)O)CCC3)c(F)c2)cc1. The molecule has 0 unspecified atom stereocenters. The number of aryl methyl sites for hydroxylation is 1. The molecule has 24 heavy (non-hydrogen) atoms. The Balaban J connectivity index is 1.83. The second kappa shape index (κ2) is 6.07. The van der Waals surface area contributed by atoms with Gasteiger partial charge in [0, 0.05) is 0 Å². The van der Waals surface area contributed by atoms with Crippen molar-refractivity contribution < 1.29 is 19.1 Å². The minimum atomic E-state index is -1.25. The normalized spacial score (nSPS) is 15.4. The van der Waals surface area contributed by atoms with Crippen LogP contribution in [0.5, 0.6) is 0 Å². The maximum atomic E-state index is 14.4. The molecule has 2 aromatic carbocycles. The number of benzene rings is 2. The molecule has 0 aliphatic heterocycles. The van der Waals surface area contributed by atoms with E-state index in [0.717, 1.165) is 17.5 Å². The summed E-state index contributed by atoms with van der Waals surface area (Å²) in [5.41, 5.74) is 1.24. The van der Waals surface area contributed by atoms with Crippen molar-refractivity contribution in [3.05, 3.63) is 59.4 Å². The maximum absolute atomic E-state index is 14.4. The first-order valence-electron chi connectivity index (χ1n) is 7.84. The monoisotopic (exact) mass is 327 g/mol. The highest BCUT2D eigenvalue weighted by atomic mass is 19.1. The van der Waals surface area contributed by atoms with E-state index in [4.69, 9.17) is 0 Å². The van der Waals surface area contributed by atoms with Gasteiger partial charge in [-0.25, -0.2) is 9.18 Å². The lowest BCUT2D eigenvalue weighted by molar-refractivity contribution is -0.148. The van der Waals surface area contributed by atoms with Gasteiger partial charge in [-0.3, -0.25) is 4.79 Å². The molecule has 2 aromatic rings. The van der Waals surface area contributed by atoms with Gasteiger partial charge in [0.2, 0.25) is 0 Å². The smallest absolute Gasteiger partial charge is 0.329 e. The number of carboxylic acids is 1. The van der Waals surface area contributed by atoms with Gasteiger partial charge in [0.1, 0.15) is 11.4 Å². The van der Waals surface area contributed by atoms with Crippen molar-refractivity contribution in [1.82, 2.24) is 5.32 Å². The van der Waals surface area contributed by atoms with E-state index >= 15 is 0 Å². The zero-order valence-corrected chi connectivity index (χ0v) is 13.3. The van der Waals surface area contributed by atoms with E-state index in [1.165, 1.54) is 12.1 Å². The molecule has 1 amide bonds. The number of amides is 1. The first-order chi connectivity index (χ1) is 11.4. The Morgan fingerprint density at radius 2 is 1.71 bits per heavy atom. The third kappa shape index (κ3) is 2.89. The molecule has 1 aliphatic rings. The Morgan fingerprint density at radius 1 is 1.08 bits per heavy atom. The lowest BCUT2D eigenvalue weighted by Crippen LogP contribution is -2.59. The molecule has 1 aliphatic carbocycles. The van der Waals surface area contributed by atoms with Gasteiger partial charge in [-0.1, -0.05) is 35.9 Å². The number of carbonyl (C=O) groups excluding carboxylic acids is 1. The van der Waals surface area contributed by atoms with Crippen LogP contribution in [-0.4, -0.2) is 22.5 Å². The lowest BCUT2D eigenvalue weighted by Gasteiger charge is -2.38. The van der Waals surface area contributed by atoms with Crippen molar-refractivity contribution in [2.45, 2.75) is 31.7 Å². The third-order valence-electron chi connectivity index (χ3n) is 4.57. The Labute approximate surface area is 139 Å². The number of nitrogens with one attached hydrogen (secondary N) is 1. The van der Waals surface area contributed by atoms with E-state index in [9.17, 15) is 19.1 Å². The maximum Gasteiger partial charge on any atom is 0.329 e. The highest BCUT2D eigenvalue weighted by molar-refractivity contribution is 5.98. The van der Waals surface area contributed by atoms with Crippen molar-refractivity contribution in [3.63, 3.8) is 0 Å². The van der Waals surface area contributed by atoms with Crippen LogP contribution in [0.15, 0.2) is 42.5 Å². The summed E-state index contributed by atoms with van der Waals surface area (Å²) in [6.07, 6.45) is 1.48. The quantitative estimate of drug-likeness (QED) is 0.902. The zero-order valence-electron chi connectivity index (χ0n) is 13.3. The van der Waals surface area contributed by atoms with E-state index in [-0.39, 0.29) is 5.56 Å². The van der Waals surface area contributed by atoms with E-state index in [1.54, 1.807) is 6.07 Å². The molecule has 0 saturated heterocycles. The molecule has 0 atom stereocenters. The second-order valence-corrected chi connectivity index (χ2v) is 6.26. The van der Waals surface area contributed by atoms with Crippen LogP contribution in [0.3, 0.4) is 0 Å². The first kappa shape index (κ1) is 16.2. The minimum absolute atomic E-state index is 0.140. The number of hydrogen-bond acceptors (Lipinski definition) is 2. The summed E-state index contributed by atoms with van der Waals surface area (Å²) < 4.78 is 14.4. The second-order valence-electron chi connectivity index (χ2n) is 6.26. The summed E-state index contributed by atoms with van der Waals surface area (Å²) >= 11 is 0. The molecule has 1 fully saturated rings. The molecule has 3 rings (SSSR count). The summed E-state index contributed by atoms with van der Waals surface area (Å²) in [5, 5.41) is 11.7. The molecule has 0 heterocycles. The Kier molecular flexibility index (Phi) is 4.09. The van der Waals surface area contributed by atoms with Gasteiger partial charge < -0.3 is 10.4 Å². The van der Waals surface area contributed by atoms with Crippen molar-refractivity contribution in [2.75, 3.05) is 0 Å². The van der Waals surface area contributed by atoms with Crippen LogP contribution in [0.25, 0.3) is 11.1 Å². The number of carbonyl (C=O) groups is 2. The topological polar surface area (TPSA) is 66.4 Å². The van der Waals surface area contributed by atoms with Gasteiger partial charge in [0.15, 0.2) is 0 Å². The van der Waals surface area contributed by atoms with Gasteiger partial charge in [0.25, 0.3) is 5.91 Å². The summed E-state index contributed by atoms with van der Waals surface area (Å²) in [6.45, 7) is 1.97. The summed E-state index contributed by atoms with van der Waals surface area (Å²) in [4.78, 5) is 23.6. The molecule has 0 radical (unpaired) electrons. The zero-order chi connectivity index (χ0) is 17.3. The molecule has 1 saturated carbocycles. The fraction of sp³-hybridized carbons (Fsp3) is 0.263. The molecule has 0 spiro atoms. The summed E-state index contributed by atoms with van der Waals surface area (Å²) in [7, 11) is 0. The molecule has 4 nitrogen and oxygen atoms in total. The van der Waals surface area contributed by atoms with Crippen LogP contribution in [0.2, 0.25) is 0 Å². The van der Waals surface area contributed by atoms with Gasteiger partial charge in [-0.15, -0.1) is 0 Å². The average molecular weight is 327 g/mol.